The van der Waals surface area contributed by atoms with Gasteiger partial charge in [-0.3, -0.25) is 9.59 Å². The summed E-state index contributed by atoms with van der Waals surface area (Å²) < 4.78 is 1.59. The summed E-state index contributed by atoms with van der Waals surface area (Å²) in [5.41, 5.74) is 2.11. The van der Waals surface area contributed by atoms with Crippen molar-refractivity contribution in [2.45, 2.75) is 32.4 Å². The van der Waals surface area contributed by atoms with Gasteiger partial charge < -0.3 is 9.80 Å². The summed E-state index contributed by atoms with van der Waals surface area (Å²) in [5, 5.41) is 4.21. The number of fused-ring (bicyclic) bond motifs is 1. The van der Waals surface area contributed by atoms with Gasteiger partial charge in [-0.15, -0.1) is 0 Å². The van der Waals surface area contributed by atoms with Crippen LogP contribution in [0.4, 0.5) is 0 Å². The molecule has 7 nitrogen and oxygen atoms in total. The molecule has 1 aliphatic rings. The normalized spacial score (nSPS) is 17.8. The summed E-state index contributed by atoms with van der Waals surface area (Å²) in [6.07, 6.45) is 6.08. The highest BCUT2D eigenvalue weighted by atomic mass is 16.2. The van der Waals surface area contributed by atoms with E-state index in [1.54, 1.807) is 34.1 Å². The molecular weight excluding hydrogens is 354 g/mol. The van der Waals surface area contributed by atoms with Crippen LogP contribution < -0.4 is 0 Å². The van der Waals surface area contributed by atoms with Crippen molar-refractivity contribution in [1.82, 2.24) is 24.4 Å². The van der Waals surface area contributed by atoms with E-state index >= 15 is 0 Å². The van der Waals surface area contributed by atoms with E-state index in [9.17, 15) is 9.59 Å². The van der Waals surface area contributed by atoms with Crippen LogP contribution >= 0.6 is 0 Å². The second-order valence-corrected chi connectivity index (χ2v) is 7.02. The second kappa shape index (κ2) is 7.80. The number of carbonyl (C=O) groups is 2. The molecule has 1 atom stereocenters. The van der Waals surface area contributed by atoms with E-state index in [1.807, 2.05) is 35.2 Å². The Labute approximate surface area is 163 Å². The molecule has 28 heavy (non-hydrogen) atoms. The first-order chi connectivity index (χ1) is 13.7. The Morgan fingerprint density at radius 3 is 2.82 bits per heavy atom. The maximum atomic E-state index is 13.2. The van der Waals surface area contributed by atoms with Gasteiger partial charge in [-0.05, 0) is 18.1 Å². The highest BCUT2D eigenvalue weighted by molar-refractivity contribution is 6.00. The number of nitrogens with zero attached hydrogens (tertiary/aromatic N) is 5. The highest BCUT2D eigenvalue weighted by Gasteiger charge is 2.32. The quantitative estimate of drug-likeness (QED) is 0.700. The van der Waals surface area contributed by atoms with E-state index in [1.165, 1.54) is 0 Å². The molecule has 2 amide bonds. The topological polar surface area (TPSA) is 70.8 Å². The standard InChI is InChI=1S/C21H23N5O2/c1-2-17-15-24(21(28)18-13-23-26-11-6-10-22-20(18)26)12-9-19(27)25(17)14-16-7-4-3-5-8-16/h3-8,10-11,13,17H,2,9,12,14-15H2,1H3/t17-/m1/s1. The van der Waals surface area contributed by atoms with Crippen LogP contribution in [0.1, 0.15) is 35.7 Å². The van der Waals surface area contributed by atoms with Crippen molar-refractivity contribution in [3.63, 3.8) is 0 Å². The van der Waals surface area contributed by atoms with E-state index < -0.39 is 0 Å². The Morgan fingerprint density at radius 1 is 1.21 bits per heavy atom. The Morgan fingerprint density at radius 2 is 2.04 bits per heavy atom. The van der Waals surface area contributed by atoms with Crippen molar-refractivity contribution >= 4 is 17.5 Å². The number of hydrogen-bond acceptors (Lipinski definition) is 4. The lowest BCUT2D eigenvalue weighted by molar-refractivity contribution is -0.133. The van der Waals surface area contributed by atoms with Gasteiger partial charge in [-0.2, -0.15) is 5.10 Å². The summed E-state index contributed by atoms with van der Waals surface area (Å²) in [7, 11) is 0. The second-order valence-electron chi connectivity index (χ2n) is 7.02. The zero-order valence-electron chi connectivity index (χ0n) is 15.9. The number of rotatable bonds is 4. The molecule has 7 heteroatoms. The van der Waals surface area contributed by atoms with Gasteiger partial charge in [0.2, 0.25) is 5.91 Å². The largest absolute Gasteiger partial charge is 0.336 e. The summed E-state index contributed by atoms with van der Waals surface area (Å²) in [5.74, 6) is -0.0366. The molecule has 0 radical (unpaired) electrons. The lowest BCUT2D eigenvalue weighted by atomic mass is 10.1. The van der Waals surface area contributed by atoms with E-state index in [0.717, 1.165) is 12.0 Å². The molecule has 3 heterocycles. The average Bonchev–Trinajstić information content (AvgIpc) is 3.10. The first kappa shape index (κ1) is 18.2. The Kier molecular flexibility index (Phi) is 5.06. The molecule has 0 unspecified atom stereocenters. The van der Waals surface area contributed by atoms with Crippen LogP contribution in [0.2, 0.25) is 0 Å². The minimum absolute atomic E-state index is 0.0195. The van der Waals surface area contributed by atoms with Crippen LogP contribution in [0.3, 0.4) is 0 Å². The van der Waals surface area contributed by atoms with Crippen LogP contribution in [0.25, 0.3) is 5.65 Å². The van der Waals surface area contributed by atoms with Gasteiger partial charge in [0.1, 0.15) is 5.56 Å². The Balaban J connectivity index is 1.57. The number of carbonyl (C=O) groups excluding carboxylic acids is 2. The number of amides is 2. The SMILES string of the molecule is CC[C@@H]1CN(C(=O)c2cnn3cccnc23)CCC(=O)N1Cc1ccccc1. The van der Waals surface area contributed by atoms with E-state index in [4.69, 9.17) is 0 Å². The molecule has 1 aromatic carbocycles. The maximum Gasteiger partial charge on any atom is 0.259 e. The molecule has 4 rings (SSSR count). The minimum Gasteiger partial charge on any atom is -0.336 e. The smallest absolute Gasteiger partial charge is 0.259 e. The lowest BCUT2D eigenvalue weighted by Crippen LogP contribution is -2.43. The van der Waals surface area contributed by atoms with E-state index in [-0.39, 0.29) is 17.9 Å². The Bertz CT molecular complexity index is 985. The fourth-order valence-corrected chi connectivity index (χ4v) is 3.70. The van der Waals surface area contributed by atoms with Crippen LogP contribution in [0, 0.1) is 0 Å². The molecule has 144 valence electrons. The molecule has 1 aliphatic heterocycles. The van der Waals surface area contributed by atoms with Crippen molar-refractivity contribution in [2.24, 2.45) is 0 Å². The van der Waals surface area contributed by atoms with E-state index in [0.29, 0.717) is 37.3 Å². The van der Waals surface area contributed by atoms with Gasteiger partial charge in [0.15, 0.2) is 5.65 Å². The first-order valence-corrected chi connectivity index (χ1v) is 9.58. The van der Waals surface area contributed by atoms with Crippen molar-refractivity contribution in [3.8, 4) is 0 Å². The van der Waals surface area contributed by atoms with Crippen LogP contribution in [-0.4, -0.2) is 55.3 Å². The third-order valence-corrected chi connectivity index (χ3v) is 5.25. The molecular formula is C21H23N5O2. The van der Waals surface area contributed by atoms with Crippen LogP contribution in [0.15, 0.2) is 55.0 Å². The fourth-order valence-electron chi connectivity index (χ4n) is 3.70. The van der Waals surface area contributed by atoms with Crippen molar-refractivity contribution in [3.05, 3.63) is 66.1 Å². The predicted molar refractivity (Wildman–Crippen MR) is 105 cm³/mol. The summed E-state index contributed by atoms with van der Waals surface area (Å²) in [6, 6.07) is 11.7. The third-order valence-electron chi connectivity index (χ3n) is 5.25. The van der Waals surface area contributed by atoms with Crippen LogP contribution in [0.5, 0.6) is 0 Å². The molecule has 1 saturated heterocycles. The summed E-state index contributed by atoms with van der Waals surface area (Å²) in [6.45, 7) is 3.54. The zero-order valence-corrected chi connectivity index (χ0v) is 15.9. The third kappa shape index (κ3) is 3.47. The molecule has 2 aromatic heterocycles. The highest BCUT2D eigenvalue weighted by Crippen LogP contribution is 2.20. The molecule has 0 N–H and O–H groups in total. The average molecular weight is 377 g/mol. The summed E-state index contributed by atoms with van der Waals surface area (Å²) >= 11 is 0. The molecule has 3 aromatic rings. The number of aromatic nitrogens is 3. The number of benzene rings is 1. The van der Waals surface area contributed by atoms with Gasteiger partial charge in [0.25, 0.3) is 5.91 Å². The molecule has 1 fully saturated rings. The van der Waals surface area contributed by atoms with Crippen molar-refractivity contribution in [2.75, 3.05) is 13.1 Å². The summed E-state index contributed by atoms with van der Waals surface area (Å²) in [4.78, 5) is 33.9. The maximum absolute atomic E-state index is 13.2. The minimum atomic E-state index is -0.124. The monoisotopic (exact) mass is 377 g/mol. The van der Waals surface area contributed by atoms with Gasteiger partial charge in [-0.1, -0.05) is 37.3 Å². The molecule has 0 bridgehead atoms. The van der Waals surface area contributed by atoms with E-state index in [2.05, 4.69) is 17.0 Å². The first-order valence-electron chi connectivity index (χ1n) is 9.58. The number of hydrogen-bond donors (Lipinski definition) is 0. The predicted octanol–water partition coefficient (Wildman–Crippen LogP) is 2.38. The van der Waals surface area contributed by atoms with Crippen molar-refractivity contribution < 1.29 is 9.59 Å². The lowest BCUT2D eigenvalue weighted by Gasteiger charge is -2.31. The molecule has 0 saturated carbocycles. The van der Waals surface area contributed by atoms with Gasteiger partial charge in [0, 0.05) is 44.5 Å². The molecule has 0 spiro atoms. The van der Waals surface area contributed by atoms with Gasteiger partial charge >= 0.3 is 0 Å². The van der Waals surface area contributed by atoms with Gasteiger partial charge in [-0.25, -0.2) is 9.50 Å². The molecule has 0 aliphatic carbocycles. The van der Waals surface area contributed by atoms with Crippen LogP contribution in [-0.2, 0) is 11.3 Å². The van der Waals surface area contributed by atoms with Gasteiger partial charge in [0.05, 0.1) is 6.20 Å². The Hall–Kier alpha value is -3.22. The fraction of sp³-hybridized carbons (Fsp3) is 0.333. The van der Waals surface area contributed by atoms with Crippen molar-refractivity contribution in [1.29, 1.82) is 0 Å². The zero-order chi connectivity index (χ0) is 19.5.